The van der Waals surface area contributed by atoms with E-state index in [1.807, 2.05) is 19.0 Å². The van der Waals surface area contributed by atoms with Crippen LogP contribution in [0.15, 0.2) is 18.2 Å². The monoisotopic (exact) mass is 290 g/mol. The van der Waals surface area contributed by atoms with Gasteiger partial charge in [-0.1, -0.05) is 29.3 Å². The number of carboxylic acid groups (broad SMARTS) is 1. The van der Waals surface area contributed by atoms with E-state index < -0.39 is 12.0 Å². The van der Waals surface area contributed by atoms with E-state index in [1.165, 1.54) is 0 Å². The fourth-order valence-corrected chi connectivity index (χ4v) is 2.15. The van der Waals surface area contributed by atoms with Gasteiger partial charge in [0.25, 0.3) is 0 Å². The number of rotatable bonds is 6. The molecule has 2 N–H and O–H groups in total. The van der Waals surface area contributed by atoms with Crippen molar-refractivity contribution in [2.24, 2.45) is 0 Å². The highest BCUT2D eigenvalue weighted by atomic mass is 35.5. The average Bonchev–Trinajstić information content (AvgIpc) is 2.25. The molecule has 0 saturated heterocycles. The molecule has 1 unspecified atom stereocenters. The molecule has 1 aromatic rings. The lowest BCUT2D eigenvalue weighted by atomic mass is 10.1. The predicted octanol–water partition coefficient (Wildman–Crippen LogP) is 2.27. The van der Waals surface area contributed by atoms with Crippen molar-refractivity contribution in [1.29, 1.82) is 0 Å². The van der Waals surface area contributed by atoms with Crippen LogP contribution in [-0.2, 0) is 4.79 Å². The average molecular weight is 291 g/mol. The SMILES string of the molecule is CN(C)CCNC(C(=O)O)c1c(Cl)cccc1Cl. The number of hydrogen-bond acceptors (Lipinski definition) is 3. The first-order chi connectivity index (χ1) is 8.43. The summed E-state index contributed by atoms with van der Waals surface area (Å²) in [5.74, 6) is -0.997. The van der Waals surface area contributed by atoms with Gasteiger partial charge in [0, 0.05) is 28.7 Å². The third-order valence-corrected chi connectivity index (χ3v) is 3.10. The molecule has 0 aromatic heterocycles. The molecule has 0 heterocycles. The second kappa shape index (κ2) is 6.95. The quantitative estimate of drug-likeness (QED) is 0.844. The minimum absolute atomic E-state index is 0.354. The molecule has 0 radical (unpaired) electrons. The van der Waals surface area contributed by atoms with Crippen LogP contribution in [0.1, 0.15) is 11.6 Å². The molecular formula is C12H16Cl2N2O2. The summed E-state index contributed by atoms with van der Waals surface area (Å²) >= 11 is 12.0. The number of nitrogens with one attached hydrogen (secondary N) is 1. The first-order valence-electron chi connectivity index (χ1n) is 5.48. The summed E-state index contributed by atoms with van der Waals surface area (Å²) in [5.41, 5.74) is 0.409. The minimum Gasteiger partial charge on any atom is -0.480 e. The smallest absolute Gasteiger partial charge is 0.325 e. The highest BCUT2D eigenvalue weighted by Crippen LogP contribution is 2.30. The van der Waals surface area contributed by atoms with Crippen LogP contribution in [-0.4, -0.2) is 43.2 Å². The maximum absolute atomic E-state index is 11.3. The maximum Gasteiger partial charge on any atom is 0.325 e. The summed E-state index contributed by atoms with van der Waals surface area (Å²) < 4.78 is 0. The van der Waals surface area contributed by atoms with Crippen molar-refractivity contribution in [3.8, 4) is 0 Å². The summed E-state index contributed by atoms with van der Waals surface area (Å²) in [6.45, 7) is 1.26. The molecular weight excluding hydrogens is 275 g/mol. The highest BCUT2D eigenvalue weighted by Gasteiger charge is 2.24. The Morgan fingerprint density at radius 1 is 1.39 bits per heavy atom. The van der Waals surface area contributed by atoms with E-state index in [2.05, 4.69) is 5.32 Å². The van der Waals surface area contributed by atoms with Crippen molar-refractivity contribution in [3.63, 3.8) is 0 Å². The van der Waals surface area contributed by atoms with E-state index in [0.29, 0.717) is 22.2 Å². The normalized spacial score (nSPS) is 12.7. The van der Waals surface area contributed by atoms with Crippen LogP contribution in [0.5, 0.6) is 0 Å². The van der Waals surface area contributed by atoms with Crippen LogP contribution in [0.3, 0.4) is 0 Å². The van der Waals surface area contributed by atoms with Crippen molar-refractivity contribution in [2.45, 2.75) is 6.04 Å². The first-order valence-corrected chi connectivity index (χ1v) is 6.24. The molecule has 0 bridgehead atoms. The van der Waals surface area contributed by atoms with Gasteiger partial charge in [0.1, 0.15) is 6.04 Å². The number of aliphatic carboxylic acids is 1. The maximum atomic E-state index is 11.3. The van der Waals surface area contributed by atoms with Crippen molar-refractivity contribution in [2.75, 3.05) is 27.2 Å². The Labute approximate surface area is 116 Å². The topological polar surface area (TPSA) is 52.6 Å². The molecule has 1 atom stereocenters. The van der Waals surface area contributed by atoms with Crippen LogP contribution in [0, 0.1) is 0 Å². The van der Waals surface area contributed by atoms with E-state index in [-0.39, 0.29) is 0 Å². The van der Waals surface area contributed by atoms with Crippen LogP contribution in [0.2, 0.25) is 10.0 Å². The van der Waals surface area contributed by atoms with E-state index >= 15 is 0 Å². The lowest BCUT2D eigenvalue weighted by molar-refractivity contribution is -0.139. The van der Waals surface area contributed by atoms with Crippen molar-refractivity contribution in [1.82, 2.24) is 10.2 Å². The van der Waals surface area contributed by atoms with Crippen LogP contribution < -0.4 is 5.32 Å². The lowest BCUT2D eigenvalue weighted by Gasteiger charge is -2.19. The van der Waals surface area contributed by atoms with Gasteiger partial charge in [-0.3, -0.25) is 10.1 Å². The molecule has 6 heteroatoms. The standard InChI is InChI=1S/C12H16Cl2N2O2/c1-16(2)7-6-15-11(12(17)18)10-8(13)4-3-5-9(10)14/h3-5,11,15H,6-7H2,1-2H3,(H,17,18). The molecule has 1 rings (SSSR count). The Hall–Kier alpha value is -0.810. The van der Waals surface area contributed by atoms with E-state index in [0.717, 1.165) is 6.54 Å². The zero-order valence-corrected chi connectivity index (χ0v) is 11.8. The Kier molecular flexibility index (Phi) is 5.88. The van der Waals surface area contributed by atoms with Crippen LogP contribution >= 0.6 is 23.2 Å². The minimum atomic E-state index is -0.997. The second-order valence-corrected chi connectivity index (χ2v) is 4.98. The van der Waals surface area contributed by atoms with E-state index in [4.69, 9.17) is 23.2 Å². The molecule has 100 valence electrons. The molecule has 0 spiro atoms. The van der Waals surface area contributed by atoms with Gasteiger partial charge in [-0.15, -0.1) is 0 Å². The van der Waals surface area contributed by atoms with E-state index in [9.17, 15) is 9.90 Å². The van der Waals surface area contributed by atoms with Gasteiger partial charge in [0.15, 0.2) is 0 Å². The van der Waals surface area contributed by atoms with Gasteiger partial charge in [-0.2, -0.15) is 0 Å². The largest absolute Gasteiger partial charge is 0.480 e. The fourth-order valence-electron chi connectivity index (χ4n) is 1.53. The zero-order chi connectivity index (χ0) is 13.7. The Morgan fingerprint density at radius 3 is 2.39 bits per heavy atom. The lowest BCUT2D eigenvalue weighted by Crippen LogP contribution is -2.34. The molecule has 0 aliphatic rings. The van der Waals surface area contributed by atoms with Gasteiger partial charge >= 0.3 is 5.97 Å². The second-order valence-electron chi connectivity index (χ2n) is 4.16. The molecule has 0 saturated carbocycles. The summed E-state index contributed by atoms with van der Waals surface area (Å²) in [6.07, 6.45) is 0. The summed E-state index contributed by atoms with van der Waals surface area (Å²) in [4.78, 5) is 13.2. The number of carboxylic acids is 1. The Morgan fingerprint density at radius 2 is 1.94 bits per heavy atom. The van der Waals surface area contributed by atoms with Gasteiger partial charge in [0.05, 0.1) is 0 Å². The molecule has 18 heavy (non-hydrogen) atoms. The van der Waals surface area contributed by atoms with E-state index in [1.54, 1.807) is 18.2 Å². The highest BCUT2D eigenvalue weighted by molar-refractivity contribution is 6.36. The van der Waals surface area contributed by atoms with Gasteiger partial charge in [-0.25, -0.2) is 0 Å². The van der Waals surface area contributed by atoms with Crippen molar-refractivity contribution in [3.05, 3.63) is 33.8 Å². The Bertz CT molecular complexity index is 404. The molecule has 0 fully saturated rings. The molecule has 0 aliphatic carbocycles. The summed E-state index contributed by atoms with van der Waals surface area (Å²) in [5, 5.41) is 12.9. The summed E-state index contributed by atoms with van der Waals surface area (Å²) in [7, 11) is 3.83. The molecule has 4 nitrogen and oxygen atoms in total. The fraction of sp³-hybridized carbons (Fsp3) is 0.417. The van der Waals surface area contributed by atoms with Crippen LogP contribution in [0.4, 0.5) is 0 Å². The van der Waals surface area contributed by atoms with Gasteiger partial charge < -0.3 is 10.0 Å². The van der Waals surface area contributed by atoms with Gasteiger partial charge in [-0.05, 0) is 26.2 Å². The third kappa shape index (κ3) is 4.14. The third-order valence-electron chi connectivity index (χ3n) is 2.44. The van der Waals surface area contributed by atoms with Crippen molar-refractivity contribution < 1.29 is 9.90 Å². The number of carbonyl (C=O) groups is 1. The zero-order valence-electron chi connectivity index (χ0n) is 10.3. The number of likely N-dealkylation sites (N-methyl/N-ethyl adjacent to an activating group) is 1. The van der Waals surface area contributed by atoms with Gasteiger partial charge in [0.2, 0.25) is 0 Å². The number of nitrogens with zero attached hydrogens (tertiary/aromatic N) is 1. The predicted molar refractivity (Wildman–Crippen MR) is 73.4 cm³/mol. The first kappa shape index (κ1) is 15.2. The summed E-state index contributed by atoms with van der Waals surface area (Å²) in [6, 6.07) is 4.05. The van der Waals surface area contributed by atoms with Crippen molar-refractivity contribution >= 4 is 29.2 Å². The number of benzene rings is 1. The molecule has 1 aromatic carbocycles. The number of hydrogen-bond donors (Lipinski definition) is 2. The molecule has 0 amide bonds. The molecule has 0 aliphatic heterocycles. The number of halogens is 2. The Balaban J connectivity index is 2.88. The van der Waals surface area contributed by atoms with Crippen LogP contribution in [0.25, 0.3) is 0 Å².